The number of H-pyrrole nitrogens is 2. The molecular weight excluding hydrogens is 480 g/mol. The number of benzene rings is 2. The van der Waals surface area contributed by atoms with Crippen LogP contribution in [0.5, 0.6) is 5.88 Å². The Morgan fingerprint density at radius 3 is 1.95 bits per heavy atom. The van der Waals surface area contributed by atoms with Gasteiger partial charge in [-0.15, -0.1) is 0 Å². The number of aromatic nitrogens is 4. The quantitative estimate of drug-likeness (QED) is 0.236. The maximum atomic E-state index is 12.0. The van der Waals surface area contributed by atoms with Crippen LogP contribution < -0.4 is 5.56 Å². The monoisotopic (exact) mass is 516 g/mol. The van der Waals surface area contributed by atoms with E-state index in [4.69, 9.17) is 0 Å². The molecule has 0 aliphatic heterocycles. The maximum absolute atomic E-state index is 12.0. The number of thiophene rings is 1. The molecule has 1 unspecified atom stereocenters. The van der Waals surface area contributed by atoms with E-state index in [1.54, 1.807) is 18.3 Å². The molecule has 3 aromatic heterocycles. The SMILES string of the molecule is CC.Cc1ccccc1C.Cc1n[nH]c(C)c1-c1ccc(C(c2ccsc2)n2[nH]c(=O)c(C)c2O)cc1. The molecule has 0 spiro atoms. The first-order valence-corrected chi connectivity index (χ1v) is 13.4. The minimum Gasteiger partial charge on any atom is -0.493 e. The molecule has 194 valence electrons. The lowest BCUT2D eigenvalue weighted by molar-refractivity contribution is 0.391. The molecule has 1 atom stereocenters. The van der Waals surface area contributed by atoms with Crippen LogP contribution in [0.15, 0.2) is 70.2 Å². The smallest absolute Gasteiger partial charge is 0.270 e. The van der Waals surface area contributed by atoms with Crippen molar-refractivity contribution >= 4 is 11.3 Å². The van der Waals surface area contributed by atoms with Crippen LogP contribution >= 0.6 is 11.3 Å². The summed E-state index contributed by atoms with van der Waals surface area (Å²) < 4.78 is 1.53. The van der Waals surface area contributed by atoms with Gasteiger partial charge in [0, 0.05) is 11.3 Å². The summed E-state index contributed by atoms with van der Waals surface area (Å²) >= 11 is 1.58. The Morgan fingerprint density at radius 2 is 1.51 bits per heavy atom. The Bertz CT molecular complexity index is 1430. The zero-order chi connectivity index (χ0) is 27.1. The molecule has 0 aliphatic carbocycles. The number of hydrogen-bond acceptors (Lipinski definition) is 4. The molecule has 0 amide bonds. The van der Waals surface area contributed by atoms with Crippen LogP contribution in [0.25, 0.3) is 11.1 Å². The van der Waals surface area contributed by atoms with E-state index in [9.17, 15) is 9.90 Å². The molecule has 0 fully saturated rings. The first-order chi connectivity index (χ1) is 17.8. The molecule has 6 nitrogen and oxygen atoms in total. The minimum absolute atomic E-state index is 0.0400. The van der Waals surface area contributed by atoms with Crippen molar-refractivity contribution in [2.75, 3.05) is 0 Å². The Labute approximate surface area is 222 Å². The van der Waals surface area contributed by atoms with Crippen LogP contribution in [0.4, 0.5) is 0 Å². The van der Waals surface area contributed by atoms with Crippen molar-refractivity contribution in [3.8, 4) is 17.0 Å². The second kappa shape index (κ2) is 12.4. The third-order valence-corrected chi connectivity index (χ3v) is 7.01. The molecule has 5 rings (SSSR count). The molecule has 2 aromatic carbocycles. The predicted molar refractivity (Wildman–Crippen MR) is 154 cm³/mol. The third kappa shape index (κ3) is 6.12. The van der Waals surface area contributed by atoms with Crippen LogP contribution in [0.1, 0.15) is 59.1 Å². The van der Waals surface area contributed by atoms with Crippen molar-refractivity contribution in [1.82, 2.24) is 20.0 Å². The number of nitrogens with zero attached hydrogens (tertiary/aromatic N) is 2. The van der Waals surface area contributed by atoms with Crippen molar-refractivity contribution in [1.29, 1.82) is 0 Å². The fraction of sp³-hybridized carbons (Fsp3) is 0.267. The van der Waals surface area contributed by atoms with Gasteiger partial charge in [0.05, 0.1) is 11.3 Å². The summed E-state index contributed by atoms with van der Waals surface area (Å²) in [5, 5.41) is 24.5. The van der Waals surface area contributed by atoms with Gasteiger partial charge in [0.15, 0.2) is 0 Å². The molecule has 3 N–H and O–H groups in total. The lowest BCUT2D eigenvalue weighted by Gasteiger charge is -2.19. The Kier molecular flexibility index (Phi) is 9.31. The van der Waals surface area contributed by atoms with E-state index in [2.05, 4.69) is 53.4 Å². The molecular formula is C30H36N4O2S. The van der Waals surface area contributed by atoms with Crippen LogP contribution in [0.2, 0.25) is 0 Å². The van der Waals surface area contributed by atoms with Gasteiger partial charge in [-0.2, -0.15) is 16.4 Å². The molecule has 0 bridgehead atoms. The van der Waals surface area contributed by atoms with Crippen molar-refractivity contribution in [2.24, 2.45) is 0 Å². The largest absolute Gasteiger partial charge is 0.493 e. The lowest BCUT2D eigenvalue weighted by atomic mass is 9.97. The van der Waals surface area contributed by atoms with E-state index in [1.165, 1.54) is 15.8 Å². The van der Waals surface area contributed by atoms with E-state index in [0.717, 1.165) is 33.6 Å². The van der Waals surface area contributed by atoms with Crippen molar-refractivity contribution in [3.05, 3.63) is 115 Å². The van der Waals surface area contributed by atoms with Gasteiger partial charge in [-0.25, -0.2) is 4.68 Å². The highest BCUT2D eigenvalue weighted by Crippen LogP contribution is 2.33. The van der Waals surface area contributed by atoms with Crippen molar-refractivity contribution < 1.29 is 5.11 Å². The molecule has 37 heavy (non-hydrogen) atoms. The summed E-state index contributed by atoms with van der Waals surface area (Å²) in [4.78, 5) is 12.0. The first kappa shape index (κ1) is 27.7. The van der Waals surface area contributed by atoms with Crippen LogP contribution in [-0.2, 0) is 0 Å². The molecule has 5 aromatic rings. The number of aromatic amines is 2. The van der Waals surface area contributed by atoms with Crippen molar-refractivity contribution in [2.45, 2.75) is 54.5 Å². The van der Waals surface area contributed by atoms with E-state index < -0.39 is 0 Å². The fourth-order valence-electron chi connectivity index (χ4n) is 4.11. The van der Waals surface area contributed by atoms with Crippen LogP contribution in [0, 0.1) is 34.6 Å². The number of aryl methyl sites for hydroxylation is 4. The summed E-state index contributed by atoms with van der Waals surface area (Å²) in [5.74, 6) is -0.0400. The highest BCUT2D eigenvalue weighted by atomic mass is 32.1. The average molecular weight is 517 g/mol. The van der Waals surface area contributed by atoms with E-state index in [-0.39, 0.29) is 17.5 Å². The van der Waals surface area contributed by atoms with E-state index >= 15 is 0 Å². The fourth-order valence-corrected chi connectivity index (χ4v) is 4.79. The lowest BCUT2D eigenvalue weighted by Crippen LogP contribution is -2.15. The van der Waals surface area contributed by atoms with Gasteiger partial charge in [0.25, 0.3) is 5.56 Å². The van der Waals surface area contributed by atoms with Gasteiger partial charge in [-0.1, -0.05) is 62.4 Å². The van der Waals surface area contributed by atoms with Crippen LogP contribution in [0.3, 0.4) is 0 Å². The second-order valence-corrected chi connectivity index (χ2v) is 9.51. The summed E-state index contributed by atoms with van der Waals surface area (Å²) in [6.45, 7) is 13.8. The summed E-state index contributed by atoms with van der Waals surface area (Å²) in [5.41, 5.74) is 8.90. The zero-order valence-corrected chi connectivity index (χ0v) is 23.4. The maximum Gasteiger partial charge on any atom is 0.270 e. The molecule has 0 aliphatic rings. The van der Waals surface area contributed by atoms with Gasteiger partial charge in [-0.05, 0) is 79.3 Å². The summed E-state index contributed by atoms with van der Waals surface area (Å²) in [7, 11) is 0. The Balaban J connectivity index is 0.000000322. The van der Waals surface area contributed by atoms with Gasteiger partial charge in [0.1, 0.15) is 6.04 Å². The van der Waals surface area contributed by atoms with Gasteiger partial charge >= 0.3 is 0 Å². The molecule has 7 heteroatoms. The third-order valence-electron chi connectivity index (χ3n) is 6.31. The minimum atomic E-state index is -0.307. The average Bonchev–Trinajstić information content (AvgIpc) is 3.61. The molecule has 0 saturated carbocycles. The molecule has 0 radical (unpaired) electrons. The van der Waals surface area contributed by atoms with E-state index in [1.807, 2.05) is 68.8 Å². The Morgan fingerprint density at radius 1 is 0.892 bits per heavy atom. The second-order valence-electron chi connectivity index (χ2n) is 8.73. The Hall–Kier alpha value is -3.84. The topological polar surface area (TPSA) is 86.7 Å². The van der Waals surface area contributed by atoms with Gasteiger partial charge in [-0.3, -0.25) is 15.0 Å². The highest BCUT2D eigenvalue weighted by Gasteiger charge is 2.23. The number of aromatic hydroxyl groups is 1. The van der Waals surface area contributed by atoms with Gasteiger partial charge in [0.2, 0.25) is 5.88 Å². The van der Waals surface area contributed by atoms with Gasteiger partial charge < -0.3 is 5.11 Å². The van der Waals surface area contributed by atoms with E-state index in [0.29, 0.717) is 5.56 Å². The number of hydrogen-bond donors (Lipinski definition) is 3. The summed E-state index contributed by atoms with van der Waals surface area (Å²) in [6.07, 6.45) is 0. The zero-order valence-electron chi connectivity index (χ0n) is 22.6. The number of nitrogens with one attached hydrogen (secondary N) is 2. The van der Waals surface area contributed by atoms with Crippen LogP contribution in [-0.4, -0.2) is 25.1 Å². The summed E-state index contributed by atoms with van der Waals surface area (Å²) in [6, 6.07) is 18.2. The predicted octanol–water partition coefficient (Wildman–Crippen LogP) is 7.23. The standard InChI is InChI=1S/C20H20N4O2S.C8H10.C2H6/c1-11-19(25)23-24(20(11)26)18(16-8-9-27-10-16)15-6-4-14(5-7-15)17-12(2)21-22-13(17)3;1-7-5-3-4-6-8(7)2;1-2/h4-10,18,26H,1-3H3,(H,21,22)(H,23,25);3-6H,1-2H3;1-2H3. The molecule has 0 saturated heterocycles. The number of rotatable bonds is 4. The normalized spacial score (nSPS) is 11.2. The van der Waals surface area contributed by atoms with Crippen molar-refractivity contribution in [3.63, 3.8) is 0 Å². The highest BCUT2D eigenvalue weighted by molar-refractivity contribution is 7.08. The molecule has 3 heterocycles. The first-order valence-electron chi connectivity index (χ1n) is 12.4.